The number of aliphatic hydroxyl groups is 1. The lowest BCUT2D eigenvalue weighted by atomic mass is 10.0. The molecule has 242 valence electrons. The number of aliphatic carboxylic acids is 2. The van der Waals surface area contributed by atoms with Crippen molar-refractivity contribution in [1.29, 1.82) is 0 Å². The van der Waals surface area contributed by atoms with E-state index in [2.05, 4.69) is 26.6 Å². The minimum Gasteiger partial charge on any atom is -0.481 e. The third-order valence-corrected chi connectivity index (χ3v) is 5.99. The molecule has 0 aliphatic rings. The molecule has 6 amide bonds. The van der Waals surface area contributed by atoms with Crippen LogP contribution in [0.5, 0.6) is 0 Å². The average Bonchev–Trinajstić information content (AvgIpc) is 2.94. The van der Waals surface area contributed by atoms with Gasteiger partial charge in [0.1, 0.15) is 30.2 Å². The second-order valence-electron chi connectivity index (χ2n) is 9.73. The highest BCUT2D eigenvalue weighted by Crippen LogP contribution is 2.05. The van der Waals surface area contributed by atoms with Gasteiger partial charge in [0.2, 0.25) is 35.4 Å². The number of hydrogen-bond acceptors (Lipinski definition) is 10. The van der Waals surface area contributed by atoms with Crippen LogP contribution >= 0.6 is 0 Å². The molecule has 18 nitrogen and oxygen atoms in total. The Balaban J connectivity index is 2.91. The van der Waals surface area contributed by atoms with Gasteiger partial charge in [0.25, 0.3) is 0 Å². The molecule has 6 atom stereocenters. The van der Waals surface area contributed by atoms with Crippen molar-refractivity contribution in [2.24, 2.45) is 11.5 Å². The number of benzene rings is 1. The number of nitrogens with one attached hydrogen (secondary N) is 5. The first-order valence-electron chi connectivity index (χ1n) is 13.2. The van der Waals surface area contributed by atoms with E-state index in [4.69, 9.17) is 21.7 Å². The average molecular weight is 624 g/mol. The van der Waals surface area contributed by atoms with Crippen LogP contribution in [0.1, 0.15) is 32.3 Å². The standard InChI is InChI=1S/C26H37N7O11/c1-12(30-24(41)17(10-19(28)35)32-23(40)15(27)9-20(36)37)21(38)29-13(2)22(39)31-16(8-14-6-4-3-5-7-14)25(42)33-18(11-34)26(43)44/h3-7,12-13,15-18,34H,8-11,27H2,1-2H3,(H2,28,35)(H,29,38)(H,30,41)(H,31,39)(H,32,40)(H,33,42)(H,36,37)(H,43,44)/t12-,13-,15-,16-,17-,18-/m0/s1. The molecule has 18 heteroatoms. The first kappa shape index (κ1) is 36.9. The summed E-state index contributed by atoms with van der Waals surface area (Å²) in [5.41, 5.74) is 11.2. The van der Waals surface area contributed by atoms with Gasteiger partial charge in [-0.3, -0.25) is 33.6 Å². The third kappa shape index (κ3) is 12.8. The van der Waals surface area contributed by atoms with Crippen LogP contribution in [-0.4, -0.2) is 106 Å². The lowest BCUT2D eigenvalue weighted by Crippen LogP contribution is -2.59. The van der Waals surface area contributed by atoms with Crippen LogP contribution in [0.3, 0.4) is 0 Å². The van der Waals surface area contributed by atoms with Gasteiger partial charge in [0, 0.05) is 6.42 Å². The van der Waals surface area contributed by atoms with E-state index in [0.717, 1.165) is 0 Å². The van der Waals surface area contributed by atoms with Crippen LogP contribution in [0, 0.1) is 0 Å². The third-order valence-electron chi connectivity index (χ3n) is 5.99. The highest BCUT2D eigenvalue weighted by molar-refractivity contribution is 5.97. The molecule has 0 bridgehead atoms. The number of carboxylic acids is 2. The molecule has 0 aromatic heterocycles. The van der Waals surface area contributed by atoms with E-state index in [9.17, 15) is 43.5 Å². The van der Waals surface area contributed by atoms with Gasteiger partial charge >= 0.3 is 11.9 Å². The van der Waals surface area contributed by atoms with Crippen LogP contribution in [0.4, 0.5) is 0 Å². The molecule has 0 saturated heterocycles. The van der Waals surface area contributed by atoms with E-state index in [-0.39, 0.29) is 6.42 Å². The summed E-state index contributed by atoms with van der Waals surface area (Å²) < 4.78 is 0. The Morgan fingerprint density at radius 3 is 1.66 bits per heavy atom. The molecule has 1 aromatic rings. The molecule has 12 N–H and O–H groups in total. The molecule has 0 saturated carbocycles. The van der Waals surface area contributed by atoms with Crippen molar-refractivity contribution < 1.29 is 53.7 Å². The highest BCUT2D eigenvalue weighted by atomic mass is 16.4. The molecule has 0 aliphatic heterocycles. The largest absolute Gasteiger partial charge is 0.481 e. The Labute approximate surface area is 251 Å². The quantitative estimate of drug-likeness (QED) is 0.0739. The zero-order valence-corrected chi connectivity index (χ0v) is 23.9. The molecule has 0 aliphatic carbocycles. The van der Waals surface area contributed by atoms with Gasteiger partial charge in [-0.15, -0.1) is 0 Å². The predicted molar refractivity (Wildman–Crippen MR) is 150 cm³/mol. The van der Waals surface area contributed by atoms with Gasteiger partial charge in [-0.1, -0.05) is 30.3 Å². The summed E-state index contributed by atoms with van der Waals surface area (Å²) in [6.07, 6.45) is -1.52. The van der Waals surface area contributed by atoms with Crippen molar-refractivity contribution >= 4 is 47.4 Å². The second-order valence-corrected chi connectivity index (χ2v) is 9.73. The zero-order chi connectivity index (χ0) is 33.6. The maximum Gasteiger partial charge on any atom is 0.328 e. The number of hydrogen-bond donors (Lipinski definition) is 10. The van der Waals surface area contributed by atoms with E-state index < -0.39 is 103 Å². The summed E-state index contributed by atoms with van der Waals surface area (Å²) in [5, 5.41) is 38.4. The van der Waals surface area contributed by atoms with Gasteiger partial charge in [0.15, 0.2) is 0 Å². The summed E-state index contributed by atoms with van der Waals surface area (Å²) in [6, 6.07) is -0.269. The number of rotatable bonds is 18. The Morgan fingerprint density at radius 1 is 0.682 bits per heavy atom. The molecular formula is C26H37N7O11. The molecule has 0 fully saturated rings. The monoisotopic (exact) mass is 623 g/mol. The summed E-state index contributed by atoms with van der Waals surface area (Å²) in [6.45, 7) is 1.60. The van der Waals surface area contributed by atoms with E-state index in [0.29, 0.717) is 5.56 Å². The Bertz CT molecular complexity index is 1230. The van der Waals surface area contributed by atoms with Gasteiger partial charge < -0.3 is 53.4 Å². The number of nitrogens with two attached hydrogens (primary N) is 2. The first-order valence-corrected chi connectivity index (χ1v) is 13.2. The highest BCUT2D eigenvalue weighted by Gasteiger charge is 2.31. The van der Waals surface area contributed by atoms with Crippen LogP contribution in [0.15, 0.2) is 30.3 Å². The van der Waals surface area contributed by atoms with Crippen molar-refractivity contribution in [2.45, 2.75) is 69.4 Å². The molecule has 44 heavy (non-hydrogen) atoms. The molecule has 0 heterocycles. The molecule has 1 aromatic carbocycles. The van der Waals surface area contributed by atoms with Crippen LogP contribution in [0.25, 0.3) is 0 Å². The van der Waals surface area contributed by atoms with Gasteiger partial charge in [0.05, 0.1) is 25.5 Å². The zero-order valence-electron chi connectivity index (χ0n) is 23.9. The SMILES string of the molecule is C[C@H](NC(=O)[C@H](C)NC(=O)[C@H](CC(N)=O)NC(=O)[C@@H](N)CC(=O)O)C(=O)N[C@@H](Cc1ccccc1)C(=O)N[C@@H](CO)C(=O)O. The van der Waals surface area contributed by atoms with Gasteiger partial charge in [-0.05, 0) is 19.4 Å². The van der Waals surface area contributed by atoms with Crippen molar-refractivity contribution in [3.8, 4) is 0 Å². The number of carbonyl (C=O) groups excluding carboxylic acids is 6. The molecule has 0 spiro atoms. The Morgan fingerprint density at radius 2 is 1.16 bits per heavy atom. The topological polar surface area (TPSA) is 309 Å². The summed E-state index contributed by atoms with van der Waals surface area (Å²) in [7, 11) is 0. The molecule has 1 rings (SSSR count). The van der Waals surface area contributed by atoms with E-state index in [1.165, 1.54) is 13.8 Å². The summed E-state index contributed by atoms with van der Waals surface area (Å²) in [5.74, 6) is -8.61. The fourth-order valence-corrected chi connectivity index (χ4v) is 3.57. The predicted octanol–water partition coefficient (Wildman–Crippen LogP) is -4.55. The van der Waals surface area contributed by atoms with Crippen LogP contribution in [-0.2, 0) is 44.8 Å². The Kier molecular flexibility index (Phi) is 14.9. The summed E-state index contributed by atoms with van der Waals surface area (Å²) >= 11 is 0. The van der Waals surface area contributed by atoms with Crippen molar-refractivity contribution in [3.05, 3.63) is 35.9 Å². The normalized spacial score (nSPS) is 14.7. The van der Waals surface area contributed by atoms with E-state index in [1.54, 1.807) is 30.3 Å². The van der Waals surface area contributed by atoms with E-state index in [1.807, 2.05) is 0 Å². The lowest BCUT2D eigenvalue weighted by Gasteiger charge is -2.24. The molecular weight excluding hydrogens is 586 g/mol. The first-order chi connectivity index (χ1) is 20.5. The molecule has 0 radical (unpaired) electrons. The maximum atomic E-state index is 12.9. The molecule has 0 unspecified atom stereocenters. The van der Waals surface area contributed by atoms with Crippen molar-refractivity contribution in [3.63, 3.8) is 0 Å². The minimum absolute atomic E-state index is 0.0631. The maximum absolute atomic E-state index is 12.9. The van der Waals surface area contributed by atoms with Gasteiger partial charge in [-0.2, -0.15) is 0 Å². The number of amides is 6. The van der Waals surface area contributed by atoms with Crippen LogP contribution < -0.4 is 38.1 Å². The van der Waals surface area contributed by atoms with Gasteiger partial charge in [-0.25, -0.2) is 4.79 Å². The fourth-order valence-electron chi connectivity index (χ4n) is 3.57. The smallest absolute Gasteiger partial charge is 0.328 e. The number of primary amides is 1. The second kappa shape index (κ2) is 17.8. The van der Waals surface area contributed by atoms with Crippen molar-refractivity contribution in [2.75, 3.05) is 6.61 Å². The number of carboxylic acid groups (broad SMARTS) is 2. The fraction of sp³-hybridized carbons (Fsp3) is 0.462. The number of aliphatic hydroxyl groups excluding tert-OH is 1. The van der Waals surface area contributed by atoms with E-state index >= 15 is 0 Å². The Hall–Kier alpha value is -5.10. The number of carbonyl (C=O) groups is 8. The summed E-state index contributed by atoms with van der Waals surface area (Å²) in [4.78, 5) is 96.7. The van der Waals surface area contributed by atoms with Crippen molar-refractivity contribution in [1.82, 2.24) is 26.6 Å². The minimum atomic E-state index is -1.63. The van der Waals surface area contributed by atoms with Crippen LogP contribution in [0.2, 0.25) is 0 Å². The lowest BCUT2D eigenvalue weighted by molar-refractivity contribution is -0.143.